The lowest BCUT2D eigenvalue weighted by Crippen LogP contribution is -2.07. The summed E-state index contributed by atoms with van der Waals surface area (Å²) in [5.74, 6) is 0.759. The molecule has 1 aromatic carbocycles. The van der Waals surface area contributed by atoms with E-state index in [1.165, 1.54) is 11.3 Å². The SMILES string of the molecule is CCOc1cc(C(=O)O/N=C(\C)c2cccs2)cc(OCC)c1OCC. The fraction of sp³-hybridized carbons (Fsp3) is 0.368. The first-order valence-corrected chi connectivity index (χ1v) is 9.34. The quantitative estimate of drug-likeness (QED) is 0.365. The monoisotopic (exact) mass is 377 g/mol. The van der Waals surface area contributed by atoms with E-state index in [0.717, 1.165) is 4.88 Å². The third-order valence-electron chi connectivity index (χ3n) is 3.29. The van der Waals surface area contributed by atoms with Crippen LogP contribution in [0.25, 0.3) is 0 Å². The van der Waals surface area contributed by atoms with E-state index in [2.05, 4.69) is 5.16 Å². The molecule has 0 unspecified atom stereocenters. The Morgan fingerprint density at radius 1 is 1.04 bits per heavy atom. The van der Waals surface area contributed by atoms with Crippen LogP contribution in [-0.4, -0.2) is 31.5 Å². The van der Waals surface area contributed by atoms with Gasteiger partial charge in [-0.2, -0.15) is 0 Å². The van der Waals surface area contributed by atoms with Gasteiger partial charge >= 0.3 is 5.97 Å². The third-order valence-corrected chi connectivity index (χ3v) is 4.27. The molecule has 0 saturated carbocycles. The van der Waals surface area contributed by atoms with Crippen molar-refractivity contribution in [3.8, 4) is 17.2 Å². The van der Waals surface area contributed by atoms with E-state index in [4.69, 9.17) is 19.0 Å². The van der Waals surface area contributed by atoms with Crippen LogP contribution in [0, 0.1) is 0 Å². The van der Waals surface area contributed by atoms with Crippen molar-refractivity contribution < 1.29 is 23.8 Å². The molecule has 0 amide bonds. The van der Waals surface area contributed by atoms with Crippen molar-refractivity contribution in [3.05, 3.63) is 40.1 Å². The van der Waals surface area contributed by atoms with Crippen molar-refractivity contribution >= 4 is 23.0 Å². The molecule has 0 spiro atoms. The van der Waals surface area contributed by atoms with Gasteiger partial charge in [-0.3, -0.25) is 0 Å². The van der Waals surface area contributed by atoms with Gasteiger partial charge in [-0.25, -0.2) is 4.79 Å². The minimum Gasteiger partial charge on any atom is -0.490 e. The lowest BCUT2D eigenvalue weighted by molar-refractivity contribution is 0.0515. The summed E-state index contributed by atoms with van der Waals surface area (Å²) in [7, 11) is 0. The van der Waals surface area contributed by atoms with Gasteiger partial charge in [0.05, 0.1) is 36.0 Å². The fourth-order valence-electron chi connectivity index (χ4n) is 2.20. The molecule has 0 atom stereocenters. The minimum absolute atomic E-state index is 0.281. The summed E-state index contributed by atoms with van der Waals surface area (Å²) < 4.78 is 16.8. The molecule has 0 aliphatic rings. The van der Waals surface area contributed by atoms with Gasteiger partial charge in [0.25, 0.3) is 0 Å². The number of hydrogen-bond acceptors (Lipinski definition) is 7. The number of thiophene rings is 1. The second-order valence-corrected chi connectivity index (χ2v) is 6.08. The fourth-order valence-corrected chi connectivity index (χ4v) is 2.87. The molecule has 2 rings (SSSR count). The summed E-state index contributed by atoms with van der Waals surface area (Å²) in [6.45, 7) is 8.68. The third kappa shape index (κ3) is 4.98. The van der Waals surface area contributed by atoms with Gasteiger partial charge in [-0.15, -0.1) is 11.3 Å². The molecule has 140 valence electrons. The number of rotatable bonds is 9. The molecule has 0 N–H and O–H groups in total. The number of ether oxygens (including phenoxy) is 3. The number of nitrogens with zero attached hydrogens (tertiary/aromatic N) is 1. The maximum Gasteiger partial charge on any atom is 0.366 e. The summed E-state index contributed by atoms with van der Waals surface area (Å²) in [5.41, 5.74) is 0.914. The van der Waals surface area contributed by atoms with E-state index >= 15 is 0 Å². The Balaban J connectivity index is 2.29. The van der Waals surface area contributed by atoms with E-state index in [1.807, 2.05) is 38.3 Å². The summed E-state index contributed by atoms with van der Waals surface area (Å²) in [5, 5.41) is 5.85. The summed E-state index contributed by atoms with van der Waals surface area (Å²) in [6.07, 6.45) is 0. The maximum absolute atomic E-state index is 12.4. The number of carbonyl (C=O) groups excluding carboxylic acids is 1. The van der Waals surface area contributed by atoms with Gasteiger partial charge in [0.2, 0.25) is 5.75 Å². The van der Waals surface area contributed by atoms with E-state index in [1.54, 1.807) is 19.1 Å². The molecule has 1 heterocycles. The molecule has 26 heavy (non-hydrogen) atoms. The average Bonchev–Trinajstić information content (AvgIpc) is 3.17. The molecule has 0 fully saturated rings. The van der Waals surface area contributed by atoms with Gasteiger partial charge in [0.15, 0.2) is 11.5 Å². The molecule has 7 heteroatoms. The normalized spacial score (nSPS) is 11.2. The smallest absolute Gasteiger partial charge is 0.366 e. The molecule has 2 aromatic rings. The molecular weight excluding hydrogens is 354 g/mol. The first-order valence-electron chi connectivity index (χ1n) is 8.46. The number of benzene rings is 1. The molecule has 0 saturated heterocycles. The molecule has 0 radical (unpaired) electrons. The van der Waals surface area contributed by atoms with Crippen LogP contribution in [0.1, 0.15) is 42.9 Å². The second-order valence-electron chi connectivity index (χ2n) is 5.13. The lowest BCUT2D eigenvalue weighted by atomic mass is 10.2. The van der Waals surface area contributed by atoms with Crippen molar-refractivity contribution in [1.82, 2.24) is 0 Å². The molecule has 0 bridgehead atoms. The Morgan fingerprint density at radius 2 is 1.65 bits per heavy atom. The van der Waals surface area contributed by atoms with Crippen molar-refractivity contribution in [2.75, 3.05) is 19.8 Å². The van der Waals surface area contributed by atoms with Crippen LogP contribution >= 0.6 is 11.3 Å². The van der Waals surface area contributed by atoms with Crippen LogP contribution in [0.3, 0.4) is 0 Å². The van der Waals surface area contributed by atoms with Gasteiger partial charge in [-0.05, 0) is 51.3 Å². The molecule has 0 aliphatic carbocycles. The van der Waals surface area contributed by atoms with Crippen molar-refractivity contribution in [1.29, 1.82) is 0 Å². The molecule has 0 aliphatic heterocycles. The van der Waals surface area contributed by atoms with Gasteiger partial charge < -0.3 is 19.0 Å². The van der Waals surface area contributed by atoms with Crippen molar-refractivity contribution in [2.24, 2.45) is 5.16 Å². The predicted molar refractivity (Wildman–Crippen MR) is 102 cm³/mol. The first-order chi connectivity index (χ1) is 12.6. The highest BCUT2D eigenvalue weighted by Crippen LogP contribution is 2.39. The van der Waals surface area contributed by atoms with Gasteiger partial charge in [0, 0.05) is 0 Å². The molecule has 1 aromatic heterocycles. The highest BCUT2D eigenvalue weighted by molar-refractivity contribution is 7.12. The number of carbonyl (C=O) groups is 1. The zero-order valence-electron chi connectivity index (χ0n) is 15.4. The summed E-state index contributed by atoms with van der Waals surface area (Å²) >= 11 is 1.53. The largest absolute Gasteiger partial charge is 0.490 e. The van der Waals surface area contributed by atoms with E-state index in [-0.39, 0.29) is 5.56 Å². The Morgan fingerprint density at radius 3 is 2.15 bits per heavy atom. The molecular formula is C19H23NO5S. The highest BCUT2D eigenvalue weighted by Gasteiger charge is 2.19. The van der Waals surface area contributed by atoms with Crippen LogP contribution in [-0.2, 0) is 4.84 Å². The maximum atomic E-state index is 12.4. The summed E-state index contributed by atoms with van der Waals surface area (Å²) in [6, 6.07) is 6.98. The van der Waals surface area contributed by atoms with E-state index < -0.39 is 5.97 Å². The lowest BCUT2D eigenvalue weighted by Gasteiger charge is -2.16. The Bertz CT molecular complexity index is 728. The topological polar surface area (TPSA) is 66.4 Å². The highest BCUT2D eigenvalue weighted by atomic mass is 32.1. The predicted octanol–water partition coefficient (Wildman–Crippen LogP) is 4.53. The second kappa shape index (κ2) is 9.82. The first kappa shape index (κ1) is 19.8. The van der Waals surface area contributed by atoms with Crippen LogP contribution < -0.4 is 14.2 Å². The van der Waals surface area contributed by atoms with Gasteiger partial charge in [-0.1, -0.05) is 11.2 Å². The number of hydrogen-bond donors (Lipinski definition) is 0. The summed E-state index contributed by atoms with van der Waals surface area (Å²) in [4.78, 5) is 18.4. The van der Waals surface area contributed by atoms with Crippen LogP contribution in [0.4, 0.5) is 0 Å². The van der Waals surface area contributed by atoms with Crippen molar-refractivity contribution in [2.45, 2.75) is 27.7 Å². The Labute approximate surface area is 157 Å². The van der Waals surface area contributed by atoms with Crippen molar-refractivity contribution in [3.63, 3.8) is 0 Å². The van der Waals surface area contributed by atoms with Crippen LogP contribution in [0.15, 0.2) is 34.8 Å². The van der Waals surface area contributed by atoms with Crippen LogP contribution in [0.5, 0.6) is 17.2 Å². The molecule has 6 nitrogen and oxygen atoms in total. The van der Waals surface area contributed by atoms with E-state index in [9.17, 15) is 4.79 Å². The minimum atomic E-state index is -0.592. The number of oxime groups is 1. The zero-order valence-corrected chi connectivity index (χ0v) is 16.2. The average molecular weight is 377 g/mol. The zero-order chi connectivity index (χ0) is 18.9. The van der Waals surface area contributed by atoms with Crippen LogP contribution in [0.2, 0.25) is 0 Å². The standard InChI is InChI=1S/C19H23NO5S/c1-5-22-15-11-14(12-16(23-6-2)18(15)24-7-3)19(21)25-20-13(4)17-9-8-10-26-17/h8-12H,5-7H2,1-4H3/b20-13+. The van der Waals surface area contributed by atoms with Gasteiger partial charge in [0.1, 0.15) is 0 Å². The van der Waals surface area contributed by atoms with E-state index in [0.29, 0.717) is 42.8 Å². The Hall–Kier alpha value is -2.54. The Kier molecular flexibility index (Phi) is 7.47.